The number of hydrogen-bond acceptors (Lipinski definition) is 6. The monoisotopic (exact) mass is 1010 g/mol. The molecule has 0 aromatic carbocycles. The molecule has 2 unspecified atom stereocenters. The van der Waals surface area contributed by atoms with E-state index in [9.17, 15) is 14.3 Å². The van der Waals surface area contributed by atoms with Crippen LogP contribution >= 0.6 is 7.82 Å². The number of phosphoric ester groups is 1. The van der Waals surface area contributed by atoms with E-state index < -0.39 is 13.9 Å². The van der Waals surface area contributed by atoms with Crippen LogP contribution in [0.4, 0.5) is 0 Å². The van der Waals surface area contributed by atoms with Crippen LogP contribution in [0, 0.1) is 0 Å². The first-order valence-corrected chi connectivity index (χ1v) is 31.7. The summed E-state index contributed by atoms with van der Waals surface area (Å²) in [5.74, 6) is -0.308. The Morgan fingerprint density at radius 1 is 0.443 bits per heavy atom. The first kappa shape index (κ1) is 68.7. The fourth-order valence-electron chi connectivity index (χ4n) is 8.80. The Kier molecular flexibility index (Phi) is 53.0. The summed E-state index contributed by atoms with van der Waals surface area (Å²) in [5.41, 5.74) is 0. The van der Waals surface area contributed by atoms with Gasteiger partial charge >= 0.3 is 13.8 Å². The number of quaternary nitrogens is 1. The summed E-state index contributed by atoms with van der Waals surface area (Å²) in [6, 6.07) is 0. The molecule has 0 aromatic heterocycles. The summed E-state index contributed by atoms with van der Waals surface area (Å²) < 4.78 is 35.3. The molecular weight excluding hydrogens is 890 g/mol. The number of nitrogens with zero attached hydrogens (tertiary/aromatic N) is 1. The van der Waals surface area contributed by atoms with Crippen molar-refractivity contribution < 1.29 is 37.3 Å². The second-order valence-corrected chi connectivity index (χ2v) is 23.2. The molecule has 70 heavy (non-hydrogen) atoms. The maximum absolute atomic E-state index is 12.8. The number of phosphoric acid groups is 1. The van der Waals surface area contributed by atoms with Gasteiger partial charge < -0.3 is 18.9 Å². The van der Waals surface area contributed by atoms with Crippen molar-refractivity contribution in [3.05, 3.63) is 36.5 Å². The number of carbonyl (C=O) groups is 1. The average molecular weight is 1010 g/mol. The average Bonchev–Trinajstić information content (AvgIpc) is 3.32. The Labute approximate surface area is 435 Å². The molecule has 0 fully saturated rings. The second kappa shape index (κ2) is 54.0. The van der Waals surface area contributed by atoms with E-state index in [0.717, 1.165) is 44.9 Å². The number of unbranched alkanes of at least 4 members (excludes halogenated alkanes) is 37. The zero-order valence-corrected chi connectivity index (χ0v) is 48.2. The number of carbonyl (C=O) groups excluding carboxylic acids is 1. The van der Waals surface area contributed by atoms with Gasteiger partial charge in [0.15, 0.2) is 0 Å². The number of rotatable bonds is 57. The van der Waals surface area contributed by atoms with E-state index >= 15 is 0 Å². The fourth-order valence-corrected chi connectivity index (χ4v) is 9.54. The molecule has 8 nitrogen and oxygen atoms in total. The minimum Gasteiger partial charge on any atom is -0.457 e. The molecule has 0 aromatic rings. The quantitative estimate of drug-likeness (QED) is 0.0213. The van der Waals surface area contributed by atoms with Gasteiger partial charge in [0.25, 0.3) is 0 Å². The van der Waals surface area contributed by atoms with Gasteiger partial charge in [0.1, 0.15) is 19.3 Å². The zero-order valence-electron chi connectivity index (χ0n) is 47.3. The minimum absolute atomic E-state index is 0.0898. The van der Waals surface area contributed by atoms with Crippen LogP contribution in [0.3, 0.4) is 0 Å². The van der Waals surface area contributed by atoms with Crippen molar-refractivity contribution in [2.24, 2.45) is 0 Å². The number of hydrogen-bond donors (Lipinski definition) is 1. The van der Waals surface area contributed by atoms with E-state index in [1.807, 2.05) is 21.1 Å². The standard InChI is InChI=1S/C61H118NO7P/c1-6-8-10-12-14-16-18-20-22-24-26-28-30-31-32-33-35-37-39-41-43-45-47-49-51-53-56-66-58-60(59-68-70(64,65)67-57-55-62(3,4)5)69-61(63)54-52-50-48-46-44-42-40-38-36-34-29-27-25-23-21-19-17-15-13-11-9-7-2/h18,20,24,26,30-31,60H,6-17,19,21-23,25,27-29,32-59H2,1-5H3/p+1/b20-18-,26-24-,31-30-. The summed E-state index contributed by atoms with van der Waals surface area (Å²) in [4.78, 5) is 23.1. The van der Waals surface area contributed by atoms with Gasteiger partial charge in [-0.2, -0.15) is 0 Å². The Morgan fingerprint density at radius 2 is 0.786 bits per heavy atom. The molecule has 0 saturated heterocycles. The lowest BCUT2D eigenvalue weighted by molar-refractivity contribution is -0.870. The third-order valence-electron chi connectivity index (χ3n) is 13.5. The summed E-state index contributed by atoms with van der Waals surface area (Å²) in [6.45, 7) is 5.67. The van der Waals surface area contributed by atoms with E-state index in [4.69, 9.17) is 18.5 Å². The Morgan fingerprint density at radius 3 is 1.17 bits per heavy atom. The van der Waals surface area contributed by atoms with Gasteiger partial charge in [0.2, 0.25) is 0 Å². The van der Waals surface area contributed by atoms with Crippen LogP contribution < -0.4 is 0 Å². The van der Waals surface area contributed by atoms with Gasteiger partial charge in [-0.05, 0) is 51.4 Å². The highest BCUT2D eigenvalue weighted by Gasteiger charge is 2.26. The highest BCUT2D eigenvalue weighted by atomic mass is 31.2. The molecule has 0 spiro atoms. The predicted octanol–water partition coefficient (Wildman–Crippen LogP) is 19.2. The van der Waals surface area contributed by atoms with Crippen molar-refractivity contribution in [3.63, 3.8) is 0 Å². The molecule has 2 atom stereocenters. The topological polar surface area (TPSA) is 91.3 Å². The molecule has 9 heteroatoms. The van der Waals surface area contributed by atoms with E-state index in [-0.39, 0.29) is 25.8 Å². The summed E-state index contributed by atoms with van der Waals surface area (Å²) in [6.07, 6.45) is 67.8. The van der Waals surface area contributed by atoms with Crippen molar-refractivity contribution in [2.75, 3.05) is 54.1 Å². The van der Waals surface area contributed by atoms with E-state index in [1.165, 1.54) is 225 Å². The van der Waals surface area contributed by atoms with Gasteiger partial charge in [-0.25, -0.2) is 4.57 Å². The van der Waals surface area contributed by atoms with Gasteiger partial charge in [0.05, 0.1) is 34.4 Å². The van der Waals surface area contributed by atoms with Crippen molar-refractivity contribution in [1.82, 2.24) is 0 Å². The summed E-state index contributed by atoms with van der Waals surface area (Å²) >= 11 is 0. The highest BCUT2D eigenvalue weighted by molar-refractivity contribution is 7.47. The van der Waals surface area contributed by atoms with Crippen LogP contribution in [-0.2, 0) is 27.9 Å². The highest BCUT2D eigenvalue weighted by Crippen LogP contribution is 2.43. The van der Waals surface area contributed by atoms with Crippen LogP contribution in [0.1, 0.15) is 290 Å². The number of esters is 1. The van der Waals surface area contributed by atoms with Crippen molar-refractivity contribution in [3.8, 4) is 0 Å². The lowest BCUT2D eigenvalue weighted by Gasteiger charge is -2.24. The number of ether oxygens (including phenoxy) is 2. The number of likely N-dealkylation sites (N-methyl/N-ethyl adjacent to an activating group) is 1. The molecule has 0 bridgehead atoms. The molecule has 0 rings (SSSR count). The normalized spacial score (nSPS) is 13.6. The first-order chi connectivity index (χ1) is 34.1. The lowest BCUT2D eigenvalue weighted by Crippen LogP contribution is -2.37. The van der Waals surface area contributed by atoms with Gasteiger partial charge in [0, 0.05) is 13.0 Å². The smallest absolute Gasteiger partial charge is 0.457 e. The third kappa shape index (κ3) is 57.6. The summed E-state index contributed by atoms with van der Waals surface area (Å²) in [5, 5.41) is 0. The van der Waals surface area contributed by atoms with Crippen molar-refractivity contribution in [1.29, 1.82) is 0 Å². The van der Waals surface area contributed by atoms with Crippen LogP contribution in [0.25, 0.3) is 0 Å². The first-order valence-electron chi connectivity index (χ1n) is 30.2. The molecule has 0 aliphatic carbocycles. The Hall–Kier alpha value is -1.28. The van der Waals surface area contributed by atoms with Crippen molar-refractivity contribution in [2.45, 2.75) is 296 Å². The SMILES string of the molecule is CCCCCCC/C=C\C/C=C\C/C=C\CCCCCCCCCCCCCOCC(COP(=O)(O)OCC[N+](C)(C)C)OC(=O)CCCCCCCCCCCCCCCCCCCCCCCC. The second-order valence-electron chi connectivity index (χ2n) is 21.7. The van der Waals surface area contributed by atoms with Gasteiger partial charge in [-0.3, -0.25) is 13.8 Å². The molecule has 414 valence electrons. The molecule has 0 saturated carbocycles. The fraction of sp³-hybridized carbons (Fsp3) is 0.885. The third-order valence-corrected chi connectivity index (χ3v) is 14.4. The van der Waals surface area contributed by atoms with Crippen molar-refractivity contribution >= 4 is 13.8 Å². The van der Waals surface area contributed by atoms with E-state index in [2.05, 4.69) is 50.3 Å². The van der Waals surface area contributed by atoms with E-state index in [0.29, 0.717) is 24.1 Å². The molecule has 0 aliphatic heterocycles. The maximum atomic E-state index is 12.8. The molecule has 0 radical (unpaired) electrons. The summed E-state index contributed by atoms with van der Waals surface area (Å²) in [7, 11) is 1.68. The minimum atomic E-state index is -4.28. The Bertz CT molecular complexity index is 1220. The Balaban J connectivity index is 4.03. The number of allylic oxidation sites excluding steroid dienone is 6. The predicted molar refractivity (Wildman–Crippen MR) is 303 cm³/mol. The molecule has 0 aliphatic rings. The molecular formula is C61H119NO7P+. The van der Waals surface area contributed by atoms with Crippen LogP contribution in [0.5, 0.6) is 0 Å². The van der Waals surface area contributed by atoms with Crippen LogP contribution in [0.15, 0.2) is 36.5 Å². The van der Waals surface area contributed by atoms with Gasteiger partial charge in [-0.15, -0.1) is 0 Å². The van der Waals surface area contributed by atoms with Gasteiger partial charge in [-0.1, -0.05) is 269 Å². The maximum Gasteiger partial charge on any atom is 0.472 e. The molecule has 0 heterocycles. The largest absolute Gasteiger partial charge is 0.472 e. The molecule has 1 N–H and O–H groups in total. The zero-order chi connectivity index (χ0) is 51.2. The lowest BCUT2D eigenvalue weighted by atomic mass is 10.0. The van der Waals surface area contributed by atoms with Crippen LogP contribution in [0.2, 0.25) is 0 Å². The molecule has 0 amide bonds. The van der Waals surface area contributed by atoms with E-state index in [1.54, 1.807) is 0 Å². The van der Waals surface area contributed by atoms with Crippen LogP contribution in [-0.4, -0.2) is 75.6 Å².